The SMILES string of the molecule is C=C1C(=C)C(C)OCc2cc(OC)c(OC)cc21. The lowest BCUT2D eigenvalue weighted by molar-refractivity contribution is 0.0818. The molecular formula is C15H18O3. The van der Waals surface area contributed by atoms with Crippen LogP contribution in [0.15, 0.2) is 30.9 Å². The molecule has 1 aliphatic rings. The Morgan fingerprint density at radius 3 is 2.39 bits per heavy atom. The molecule has 1 aromatic carbocycles. The van der Waals surface area contributed by atoms with Crippen molar-refractivity contribution in [2.45, 2.75) is 19.6 Å². The zero-order valence-corrected chi connectivity index (χ0v) is 11.1. The lowest BCUT2D eigenvalue weighted by Crippen LogP contribution is -2.07. The van der Waals surface area contributed by atoms with Gasteiger partial charge < -0.3 is 14.2 Å². The summed E-state index contributed by atoms with van der Waals surface area (Å²) in [6.45, 7) is 10.6. The standard InChI is InChI=1S/C15H18O3/c1-9-10(2)13-7-15(17-5)14(16-4)6-12(13)8-18-11(9)3/h6-7,11H,1-2,8H2,3-5H3. The van der Waals surface area contributed by atoms with Gasteiger partial charge in [-0.05, 0) is 41.3 Å². The van der Waals surface area contributed by atoms with Crippen LogP contribution < -0.4 is 9.47 Å². The monoisotopic (exact) mass is 246 g/mol. The van der Waals surface area contributed by atoms with Gasteiger partial charge in [0, 0.05) is 0 Å². The fourth-order valence-corrected chi connectivity index (χ4v) is 2.06. The van der Waals surface area contributed by atoms with E-state index in [1.54, 1.807) is 14.2 Å². The first-order chi connectivity index (χ1) is 8.58. The molecule has 1 aliphatic heterocycles. The number of ether oxygens (including phenoxy) is 3. The van der Waals surface area contributed by atoms with Crippen molar-refractivity contribution in [2.24, 2.45) is 0 Å². The molecule has 1 aromatic rings. The molecule has 0 amide bonds. The van der Waals surface area contributed by atoms with Gasteiger partial charge in [-0.25, -0.2) is 0 Å². The van der Waals surface area contributed by atoms with E-state index in [4.69, 9.17) is 14.2 Å². The van der Waals surface area contributed by atoms with Gasteiger partial charge in [0.2, 0.25) is 0 Å². The molecule has 1 atom stereocenters. The molecule has 1 unspecified atom stereocenters. The maximum absolute atomic E-state index is 5.73. The van der Waals surface area contributed by atoms with Crippen LogP contribution in [-0.4, -0.2) is 20.3 Å². The third-order valence-electron chi connectivity index (χ3n) is 3.30. The number of fused-ring (bicyclic) bond motifs is 1. The topological polar surface area (TPSA) is 27.7 Å². The first-order valence-corrected chi connectivity index (χ1v) is 5.83. The fraction of sp³-hybridized carbons (Fsp3) is 0.333. The fourth-order valence-electron chi connectivity index (χ4n) is 2.06. The number of hydrogen-bond donors (Lipinski definition) is 0. The smallest absolute Gasteiger partial charge is 0.161 e. The average Bonchev–Trinajstić information content (AvgIpc) is 2.50. The normalized spacial score (nSPS) is 19.2. The highest BCUT2D eigenvalue weighted by atomic mass is 16.5. The van der Waals surface area contributed by atoms with Gasteiger partial charge in [0.1, 0.15) is 0 Å². The molecule has 18 heavy (non-hydrogen) atoms. The van der Waals surface area contributed by atoms with Crippen LogP contribution >= 0.6 is 0 Å². The minimum absolute atomic E-state index is 0.0260. The maximum atomic E-state index is 5.73. The second-order valence-corrected chi connectivity index (χ2v) is 4.32. The Kier molecular flexibility index (Phi) is 3.43. The second-order valence-electron chi connectivity index (χ2n) is 4.32. The molecule has 0 radical (unpaired) electrons. The molecule has 0 fully saturated rings. The predicted molar refractivity (Wildman–Crippen MR) is 72.0 cm³/mol. The Morgan fingerprint density at radius 2 is 1.78 bits per heavy atom. The van der Waals surface area contributed by atoms with Crippen LogP contribution in [0.5, 0.6) is 11.5 Å². The molecule has 0 spiro atoms. The van der Waals surface area contributed by atoms with Gasteiger partial charge in [0.15, 0.2) is 11.5 Å². The van der Waals surface area contributed by atoms with Crippen LogP contribution in [0.4, 0.5) is 0 Å². The Labute approximate surface area is 108 Å². The van der Waals surface area contributed by atoms with Crippen LogP contribution in [0.2, 0.25) is 0 Å². The van der Waals surface area contributed by atoms with Crippen molar-refractivity contribution in [1.29, 1.82) is 0 Å². The Bertz CT molecular complexity index is 503. The van der Waals surface area contributed by atoms with Gasteiger partial charge in [0.25, 0.3) is 0 Å². The molecule has 2 rings (SSSR count). The summed E-state index contributed by atoms with van der Waals surface area (Å²) in [5, 5.41) is 0. The van der Waals surface area contributed by atoms with E-state index in [9.17, 15) is 0 Å². The van der Waals surface area contributed by atoms with E-state index in [1.165, 1.54) is 0 Å². The molecule has 0 saturated heterocycles. The summed E-state index contributed by atoms with van der Waals surface area (Å²) in [5.74, 6) is 1.40. The van der Waals surface area contributed by atoms with Gasteiger partial charge in [-0.1, -0.05) is 13.2 Å². The largest absolute Gasteiger partial charge is 0.493 e. The predicted octanol–water partition coefficient (Wildman–Crippen LogP) is 3.19. The molecule has 3 nitrogen and oxygen atoms in total. The van der Waals surface area contributed by atoms with Gasteiger partial charge in [-0.3, -0.25) is 0 Å². The molecule has 96 valence electrons. The van der Waals surface area contributed by atoms with E-state index in [-0.39, 0.29) is 6.10 Å². The minimum Gasteiger partial charge on any atom is -0.493 e. The Balaban J connectivity index is 2.56. The van der Waals surface area contributed by atoms with Crippen molar-refractivity contribution in [1.82, 2.24) is 0 Å². The summed E-state index contributed by atoms with van der Waals surface area (Å²) in [5.41, 5.74) is 3.86. The van der Waals surface area contributed by atoms with Crippen LogP contribution in [0, 0.1) is 0 Å². The Hall–Kier alpha value is -1.74. The Morgan fingerprint density at radius 1 is 1.17 bits per heavy atom. The van der Waals surface area contributed by atoms with Gasteiger partial charge in [0.05, 0.1) is 26.9 Å². The van der Waals surface area contributed by atoms with Crippen LogP contribution in [0.3, 0.4) is 0 Å². The molecule has 0 aliphatic carbocycles. The van der Waals surface area contributed by atoms with Crippen molar-refractivity contribution < 1.29 is 14.2 Å². The molecule has 3 heteroatoms. The quantitative estimate of drug-likeness (QED) is 0.802. The molecule has 1 heterocycles. The first-order valence-electron chi connectivity index (χ1n) is 5.83. The number of benzene rings is 1. The third-order valence-corrected chi connectivity index (χ3v) is 3.30. The number of methoxy groups -OCH3 is 2. The van der Waals surface area contributed by atoms with Crippen molar-refractivity contribution in [2.75, 3.05) is 14.2 Å². The van der Waals surface area contributed by atoms with E-state index in [1.807, 2.05) is 19.1 Å². The van der Waals surface area contributed by atoms with Gasteiger partial charge >= 0.3 is 0 Å². The lowest BCUT2D eigenvalue weighted by atomic mass is 9.94. The first kappa shape index (κ1) is 12.7. The molecular weight excluding hydrogens is 228 g/mol. The van der Waals surface area contributed by atoms with Crippen molar-refractivity contribution >= 4 is 5.57 Å². The summed E-state index contributed by atoms with van der Waals surface area (Å²) in [6.07, 6.45) is -0.0260. The van der Waals surface area contributed by atoms with Crippen LogP contribution in [-0.2, 0) is 11.3 Å². The minimum atomic E-state index is -0.0260. The number of rotatable bonds is 2. The van der Waals surface area contributed by atoms with Crippen molar-refractivity contribution in [3.05, 3.63) is 42.0 Å². The summed E-state index contributed by atoms with van der Waals surface area (Å²) >= 11 is 0. The zero-order chi connectivity index (χ0) is 13.3. The summed E-state index contributed by atoms with van der Waals surface area (Å²) < 4.78 is 16.3. The van der Waals surface area contributed by atoms with Crippen molar-refractivity contribution in [3.8, 4) is 11.5 Å². The van der Waals surface area contributed by atoms with E-state index in [0.717, 1.165) is 22.3 Å². The summed E-state index contributed by atoms with van der Waals surface area (Å²) in [7, 11) is 3.25. The highest BCUT2D eigenvalue weighted by molar-refractivity contribution is 5.81. The lowest BCUT2D eigenvalue weighted by Gasteiger charge is -2.14. The molecule has 0 N–H and O–H groups in total. The van der Waals surface area contributed by atoms with E-state index < -0.39 is 0 Å². The van der Waals surface area contributed by atoms with E-state index in [2.05, 4.69) is 13.2 Å². The molecule has 0 saturated carbocycles. The van der Waals surface area contributed by atoms with Crippen LogP contribution in [0.25, 0.3) is 5.57 Å². The zero-order valence-electron chi connectivity index (χ0n) is 11.1. The van der Waals surface area contributed by atoms with Gasteiger partial charge in [-0.2, -0.15) is 0 Å². The summed E-state index contributed by atoms with van der Waals surface area (Å²) in [4.78, 5) is 0. The maximum Gasteiger partial charge on any atom is 0.161 e. The molecule has 0 bridgehead atoms. The van der Waals surface area contributed by atoms with E-state index >= 15 is 0 Å². The van der Waals surface area contributed by atoms with E-state index in [0.29, 0.717) is 18.1 Å². The second kappa shape index (κ2) is 4.86. The van der Waals surface area contributed by atoms with Gasteiger partial charge in [-0.15, -0.1) is 0 Å². The third kappa shape index (κ3) is 2.02. The number of hydrogen-bond acceptors (Lipinski definition) is 3. The highest BCUT2D eigenvalue weighted by Crippen LogP contribution is 2.38. The van der Waals surface area contributed by atoms with Crippen molar-refractivity contribution in [3.63, 3.8) is 0 Å². The van der Waals surface area contributed by atoms with Crippen LogP contribution in [0.1, 0.15) is 18.1 Å². The summed E-state index contributed by atoms with van der Waals surface area (Å²) in [6, 6.07) is 3.87. The average molecular weight is 246 g/mol. The molecule has 0 aromatic heterocycles. The highest BCUT2D eigenvalue weighted by Gasteiger charge is 2.22.